The predicted octanol–water partition coefficient (Wildman–Crippen LogP) is 2.43. The van der Waals surface area contributed by atoms with Gasteiger partial charge >= 0.3 is 0 Å². The SMILES string of the molecule is Cc1cc(N2CCCCC2)ncc1[C@H](C)O. The third-order valence-electron chi connectivity index (χ3n) is 3.27. The lowest BCUT2D eigenvalue weighted by molar-refractivity contribution is 0.198. The van der Waals surface area contributed by atoms with Crippen molar-refractivity contribution in [1.29, 1.82) is 0 Å². The smallest absolute Gasteiger partial charge is 0.128 e. The fourth-order valence-corrected chi connectivity index (χ4v) is 2.29. The number of anilines is 1. The van der Waals surface area contributed by atoms with Crippen LogP contribution >= 0.6 is 0 Å². The Hall–Kier alpha value is -1.09. The molecule has 88 valence electrons. The largest absolute Gasteiger partial charge is 0.389 e. The van der Waals surface area contributed by atoms with Crippen LogP contribution in [-0.4, -0.2) is 23.2 Å². The number of aryl methyl sites for hydroxylation is 1. The number of aliphatic hydroxyl groups excluding tert-OH is 1. The molecule has 0 saturated carbocycles. The van der Waals surface area contributed by atoms with E-state index in [9.17, 15) is 5.11 Å². The normalized spacial score (nSPS) is 18.6. The molecule has 3 nitrogen and oxygen atoms in total. The zero-order valence-corrected chi connectivity index (χ0v) is 10.1. The lowest BCUT2D eigenvalue weighted by Crippen LogP contribution is -2.30. The molecule has 0 bridgehead atoms. The van der Waals surface area contributed by atoms with Gasteiger partial charge in [0, 0.05) is 24.8 Å². The molecule has 1 N–H and O–H groups in total. The lowest BCUT2D eigenvalue weighted by Gasteiger charge is -2.28. The van der Waals surface area contributed by atoms with Crippen LogP contribution in [0.25, 0.3) is 0 Å². The number of aliphatic hydroxyl groups is 1. The third kappa shape index (κ3) is 2.35. The molecule has 1 aromatic rings. The van der Waals surface area contributed by atoms with Gasteiger partial charge in [0.2, 0.25) is 0 Å². The number of pyridine rings is 1. The van der Waals surface area contributed by atoms with Gasteiger partial charge in [-0.25, -0.2) is 4.98 Å². The van der Waals surface area contributed by atoms with Crippen molar-refractivity contribution in [3.8, 4) is 0 Å². The molecule has 16 heavy (non-hydrogen) atoms. The number of hydrogen-bond donors (Lipinski definition) is 1. The first-order chi connectivity index (χ1) is 7.68. The van der Waals surface area contributed by atoms with Crippen LogP contribution in [0.5, 0.6) is 0 Å². The van der Waals surface area contributed by atoms with Gasteiger partial charge < -0.3 is 10.0 Å². The van der Waals surface area contributed by atoms with Gasteiger partial charge in [0.25, 0.3) is 0 Å². The molecule has 2 heterocycles. The Morgan fingerprint density at radius 3 is 2.56 bits per heavy atom. The number of nitrogens with zero attached hydrogens (tertiary/aromatic N) is 2. The highest BCUT2D eigenvalue weighted by Gasteiger charge is 2.13. The zero-order chi connectivity index (χ0) is 11.5. The van der Waals surface area contributed by atoms with Gasteiger partial charge in [-0.1, -0.05) is 0 Å². The lowest BCUT2D eigenvalue weighted by atomic mass is 10.1. The van der Waals surface area contributed by atoms with Gasteiger partial charge in [0.1, 0.15) is 5.82 Å². The maximum Gasteiger partial charge on any atom is 0.128 e. The fourth-order valence-electron chi connectivity index (χ4n) is 2.29. The number of hydrogen-bond acceptors (Lipinski definition) is 3. The minimum atomic E-state index is -0.428. The molecule has 0 aromatic carbocycles. The van der Waals surface area contributed by atoms with Crippen LogP contribution in [0.3, 0.4) is 0 Å². The second kappa shape index (κ2) is 4.83. The van der Waals surface area contributed by atoms with E-state index in [1.54, 1.807) is 6.92 Å². The maximum absolute atomic E-state index is 9.55. The van der Waals surface area contributed by atoms with E-state index in [0.717, 1.165) is 30.0 Å². The second-order valence-corrected chi connectivity index (χ2v) is 4.62. The van der Waals surface area contributed by atoms with Crippen molar-refractivity contribution >= 4 is 5.82 Å². The van der Waals surface area contributed by atoms with Crippen LogP contribution in [0.15, 0.2) is 12.3 Å². The van der Waals surface area contributed by atoms with E-state index >= 15 is 0 Å². The fraction of sp³-hybridized carbons (Fsp3) is 0.615. The molecule has 0 radical (unpaired) electrons. The van der Waals surface area contributed by atoms with Gasteiger partial charge in [0.15, 0.2) is 0 Å². The second-order valence-electron chi connectivity index (χ2n) is 4.62. The van der Waals surface area contributed by atoms with Crippen LogP contribution in [-0.2, 0) is 0 Å². The summed E-state index contributed by atoms with van der Waals surface area (Å²) in [6.07, 6.45) is 5.24. The van der Waals surface area contributed by atoms with Crippen molar-refractivity contribution in [3.05, 3.63) is 23.4 Å². The first-order valence-corrected chi connectivity index (χ1v) is 6.08. The molecule has 2 rings (SSSR count). The molecule has 1 saturated heterocycles. The number of aromatic nitrogens is 1. The Labute approximate surface area is 97.1 Å². The van der Waals surface area contributed by atoms with Gasteiger partial charge in [-0.2, -0.15) is 0 Å². The van der Waals surface area contributed by atoms with Gasteiger partial charge in [-0.15, -0.1) is 0 Å². The van der Waals surface area contributed by atoms with Crippen molar-refractivity contribution in [2.75, 3.05) is 18.0 Å². The van der Waals surface area contributed by atoms with E-state index in [4.69, 9.17) is 0 Å². The van der Waals surface area contributed by atoms with Gasteiger partial charge in [-0.05, 0) is 44.7 Å². The van der Waals surface area contributed by atoms with Crippen molar-refractivity contribution in [2.24, 2.45) is 0 Å². The minimum Gasteiger partial charge on any atom is -0.389 e. The summed E-state index contributed by atoms with van der Waals surface area (Å²) in [5.41, 5.74) is 2.06. The molecule has 1 aliphatic rings. The highest BCUT2D eigenvalue weighted by atomic mass is 16.3. The van der Waals surface area contributed by atoms with Crippen LogP contribution in [0, 0.1) is 6.92 Å². The highest BCUT2D eigenvalue weighted by molar-refractivity contribution is 5.44. The molecule has 0 aliphatic carbocycles. The van der Waals surface area contributed by atoms with E-state index < -0.39 is 6.10 Å². The topological polar surface area (TPSA) is 36.4 Å². The van der Waals surface area contributed by atoms with Crippen LogP contribution in [0.2, 0.25) is 0 Å². The highest BCUT2D eigenvalue weighted by Crippen LogP contribution is 2.22. The summed E-state index contributed by atoms with van der Waals surface area (Å²) in [7, 11) is 0. The van der Waals surface area contributed by atoms with Crippen LogP contribution in [0.4, 0.5) is 5.82 Å². The summed E-state index contributed by atoms with van der Waals surface area (Å²) in [4.78, 5) is 6.79. The molecular weight excluding hydrogens is 200 g/mol. The maximum atomic E-state index is 9.55. The summed E-state index contributed by atoms with van der Waals surface area (Å²) in [5, 5.41) is 9.55. The monoisotopic (exact) mass is 220 g/mol. The minimum absolute atomic E-state index is 0.428. The third-order valence-corrected chi connectivity index (χ3v) is 3.27. The average molecular weight is 220 g/mol. The van der Waals surface area contributed by atoms with Crippen molar-refractivity contribution in [1.82, 2.24) is 4.98 Å². The summed E-state index contributed by atoms with van der Waals surface area (Å²) >= 11 is 0. The van der Waals surface area contributed by atoms with E-state index in [1.165, 1.54) is 19.3 Å². The average Bonchev–Trinajstić information content (AvgIpc) is 2.29. The molecule has 0 amide bonds. The molecule has 1 atom stereocenters. The Balaban J connectivity index is 2.19. The summed E-state index contributed by atoms with van der Waals surface area (Å²) in [5.74, 6) is 1.06. The number of rotatable bonds is 2. The molecule has 0 unspecified atom stereocenters. The molecular formula is C13H20N2O. The van der Waals surface area contributed by atoms with Crippen molar-refractivity contribution in [3.63, 3.8) is 0 Å². The van der Waals surface area contributed by atoms with E-state index in [2.05, 4.69) is 16.0 Å². The van der Waals surface area contributed by atoms with E-state index in [0.29, 0.717) is 0 Å². The van der Waals surface area contributed by atoms with Gasteiger partial charge in [-0.3, -0.25) is 0 Å². The molecule has 1 aromatic heterocycles. The van der Waals surface area contributed by atoms with Crippen LogP contribution in [0.1, 0.15) is 43.4 Å². The Morgan fingerprint density at radius 1 is 1.31 bits per heavy atom. The van der Waals surface area contributed by atoms with Crippen LogP contribution < -0.4 is 4.90 Å². The summed E-state index contributed by atoms with van der Waals surface area (Å²) in [6.45, 7) is 6.04. The Bertz CT molecular complexity index is 357. The number of piperidine rings is 1. The molecule has 1 aliphatic heterocycles. The Morgan fingerprint density at radius 2 is 2.00 bits per heavy atom. The Kier molecular flexibility index (Phi) is 3.44. The van der Waals surface area contributed by atoms with E-state index in [-0.39, 0.29) is 0 Å². The molecule has 1 fully saturated rings. The van der Waals surface area contributed by atoms with Crippen molar-refractivity contribution in [2.45, 2.75) is 39.2 Å². The zero-order valence-electron chi connectivity index (χ0n) is 10.1. The molecule has 0 spiro atoms. The molecule has 3 heteroatoms. The predicted molar refractivity (Wildman–Crippen MR) is 65.7 cm³/mol. The first-order valence-electron chi connectivity index (χ1n) is 6.08. The quantitative estimate of drug-likeness (QED) is 0.831. The van der Waals surface area contributed by atoms with Gasteiger partial charge in [0.05, 0.1) is 6.10 Å². The summed E-state index contributed by atoms with van der Waals surface area (Å²) < 4.78 is 0. The van der Waals surface area contributed by atoms with Crippen molar-refractivity contribution < 1.29 is 5.11 Å². The van der Waals surface area contributed by atoms with E-state index in [1.807, 2.05) is 13.1 Å². The standard InChI is InChI=1S/C13H20N2O/c1-10-8-13(14-9-12(10)11(2)16)15-6-4-3-5-7-15/h8-9,11,16H,3-7H2,1-2H3/t11-/m0/s1. The summed E-state index contributed by atoms with van der Waals surface area (Å²) in [6, 6.07) is 2.09. The first kappa shape index (κ1) is 11.4.